The van der Waals surface area contributed by atoms with Gasteiger partial charge in [-0.1, -0.05) is 12.1 Å². The van der Waals surface area contributed by atoms with E-state index in [2.05, 4.69) is 28.2 Å². The Kier molecular flexibility index (Phi) is 4.66. The van der Waals surface area contributed by atoms with E-state index in [0.29, 0.717) is 0 Å². The molecule has 2 rings (SSSR count). The summed E-state index contributed by atoms with van der Waals surface area (Å²) in [5.41, 5.74) is 4.41. The highest BCUT2D eigenvalue weighted by molar-refractivity contribution is 5.89. The maximum atomic E-state index is 5.19. The van der Waals surface area contributed by atoms with Gasteiger partial charge in [0.25, 0.3) is 0 Å². The van der Waals surface area contributed by atoms with Gasteiger partial charge < -0.3 is 4.74 Å². The Bertz CT molecular complexity index is 598. The van der Waals surface area contributed by atoms with Crippen LogP contribution in [-0.2, 0) is 0 Å². The van der Waals surface area contributed by atoms with Crippen molar-refractivity contribution in [1.82, 2.24) is 0 Å². The molecule has 3 nitrogen and oxygen atoms in total. The third-order valence-electron chi connectivity index (χ3n) is 2.96. The van der Waals surface area contributed by atoms with Crippen LogP contribution in [0, 0.1) is 0 Å². The number of methoxy groups -OCH3 is 1. The number of nitrogens with zero attached hydrogens (tertiary/aromatic N) is 2. The lowest BCUT2D eigenvalue weighted by molar-refractivity contribution is 0.415. The molecule has 20 heavy (non-hydrogen) atoms. The minimum Gasteiger partial charge on any atom is -0.497 e. The molecular weight excluding hydrogens is 248 g/mol. The second-order valence-corrected chi connectivity index (χ2v) is 4.39. The summed E-state index contributed by atoms with van der Waals surface area (Å²) < 4.78 is 5.19. The molecule has 0 aromatic heterocycles. The van der Waals surface area contributed by atoms with E-state index in [1.54, 1.807) is 21.2 Å². The minimum atomic E-state index is 0.857. The molecule has 0 spiro atoms. The first kappa shape index (κ1) is 14.0. The highest BCUT2D eigenvalue weighted by atomic mass is 16.5. The number of hydrogen-bond acceptors (Lipinski definition) is 3. The number of aliphatic imine (C=N–C) groups is 2. The molecule has 0 heterocycles. The van der Waals surface area contributed by atoms with Crippen molar-refractivity contribution in [3.63, 3.8) is 0 Å². The first-order valence-electron chi connectivity index (χ1n) is 6.40. The molecule has 0 bridgehead atoms. The van der Waals surface area contributed by atoms with Gasteiger partial charge >= 0.3 is 0 Å². The summed E-state index contributed by atoms with van der Waals surface area (Å²) in [6.07, 6.45) is 3.69. The van der Waals surface area contributed by atoms with Gasteiger partial charge in [0.15, 0.2) is 0 Å². The van der Waals surface area contributed by atoms with E-state index in [-0.39, 0.29) is 0 Å². The monoisotopic (exact) mass is 266 g/mol. The molecule has 0 fully saturated rings. The molecule has 0 unspecified atom stereocenters. The minimum absolute atomic E-state index is 0.857. The Balaban J connectivity index is 2.47. The van der Waals surface area contributed by atoms with Crippen molar-refractivity contribution in [1.29, 1.82) is 0 Å². The average Bonchev–Trinajstić information content (AvgIpc) is 2.48. The lowest BCUT2D eigenvalue weighted by atomic mass is 10.0. The van der Waals surface area contributed by atoms with Crippen molar-refractivity contribution in [3.8, 4) is 16.9 Å². The smallest absolute Gasteiger partial charge is 0.118 e. The van der Waals surface area contributed by atoms with E-state index >= 15 is 0 Å². The summed E-state index contributed by atoms with van der Waals surface area (Å²) in [5.74, 6) is 0.857. The van der Waals surface area contributed by atoms with Crippen molar-refractivity contribution < 1.29 is 4.74 Å². The van der Waals surface area contributed by atoms with Crippen LogP contribution in [0.5, 0.6) is 5.75 Å². The van der Waals surface area contributed by atoms with Gasteiger partial charge in [-0.05, 0) is 52.6 Å². The van der Waals surface area contributed by atoms with Crippen molar-refractivity contribution in [2.75, 3.05) is 21.2 Å². The first-order valence-corrected chi connectivity index (χ1v) is 6.40. The Morgan fingerprint density at radius 1 is 0.800 bits per heavy atom. The fourth-order valence-electron chi connectivity index (χ4n) is 2.07. The predicted octanol–water partition coefficient (Wildman–Crippen LogP) is 3.46. The Hall–Kier alpha value is -2.42. The van der Waals surface area contributed by atoms with Crippen LogP contribution in [0.4, 0.5) is 0 Å². The molecule has 0 atom stereocenters. The van der Waals surface area contributed by atoms with Crippen LogP contribution in [0.1, 0.15) is 11.1 Å². The Labute approximate surface area is 119 Å². The van der Waals surface area contributed by atoms with Crippen LogP contribution in [-0.4, -0.2) is 33.6 Å². The normalized spacial score (nSPS) is 11.3. The Morgan fingerprint density at radius 3 is 1.80 bits per heavy atom. The van der Waals surface area contributed by atoms with Crippen LogP contribution in [0.2, 0.25) is 0 Å². The molecule has 0 aliphatic carbocycles. The number of benzene rings is 2. The average molecular weight is 266 g/mol. The van der Waals surface area contributed by atoms with Gasteiger partial charge in [-0.3, -0.25) is 9.98 Å². The fraction of sp³-hybridized carbons (Fsp3) is 0.176. The molecule has 102 valence electrons. The molecule has 2 aromatic rings. The topological polar surface area (TPSA) is 34.0 Å². The maximum Gasteiger partial charge on any atom is 0.118 e. The summed E-state index contributed by atoms with van der Waals surface area (Å²) >= 11 is 0. The van der Waals surface area contributed by atoms with Crippen molar-refractivity contribution in [3.05, 3.63) is 53.6 Å². The first-order chi connectivity index (χ1) is 9.76. The number of ether oxygens (including phenoxy) is 1. The molecule has 0 aliphatic rings. The third kappa shape index (κ3) is 3.32. The highest BCUT2D eigenvalue weighted by Gasteiger charge is 2.02. The van der Waals surface area contributed by atoms with Gasteiger partial charge in [-0.15, -0.1) is 0 Å². The quantitative estimate of drug-likeness (QED) is 0.780. The van der Waals surface area contributed by atoms with Gasteiger partial charge in [-0.25, -0.2) is 0 Å². The number of rotatable bonds is 4. The van der Waals surface area contributed by atoms with E-state index in [9.17, 15) is 0 Å². The standard InChI is InChI=1S/C17H18N2O/c1-18-11-13-8-14(12-19-2)10-16(9-13)15-4-6-17(20-3)7-5-15/h4-12H,1-3H3. The third-order valence-corrected chi connectivity index (χ3v) is 2.96. The van der Waals surface area contributed by atoms with Crippen LogP contribution in [0.15, 0.2) is 52.4 Å². The van der Waals surface area contributed by atoms with Crippen molar-refractivity contribution >= 4 is 12.4 Å². The molecule has 0 aliphatic heterocycles. The van der Waals surface area contributed by atoms with E-state index < -0.39 is 0 Å². The highest BCUT2D eigenvalue weighted by Crippen LogP contribution is 2.24. The second kappa shape index (κ2) is 6.66. The molecule has 2 aromatic carbocycles. The number of hydrogen-bond donors (Lipinski definition) is 0. The molecule has 0 amide bonds. The summed E-state index contributed by atoms with van der Waals surface area (Å²) in [4.78, 5) is 8.16. The molecule has 0 saturated carbocycles. The zero-order valence-corrected chi connectivity index (χ0v) is 12.0. The molecular formula is C17H18N2O. The molecule has 3 heteroatoms. The Morgan fingerprint density at radius 2 is 1.35 bits per heavy atom. The van der Waals surface area contributed by atoms with E-state index in [1.165, 1.54) is 0 Å². The maximum absolute atomic E-state index is 5.19. The van der Waals surface area contributed by atoms with E-state index in [1.807, 2.05) is 36.7 Å². The van der Waals surface area contributed by atoms with Crippen LogP contribution in [0.3, 0.4) is 0 Å². The lowest BCUT2D eigenvalue weighted by Gasteiger charge is -2.07. The summed E-state index contributed by atoms with van der Waals surface area (Å²) in [7, 11) is 5.21. The zero-order chi connectivity index (χ0) is 14.4. The SMILES string of the molecule is CN=Cc1cc(C=NC)cc(-c2ccc(OC)cc2)c1. The fourth-order valence-corrected chi connectivity index (χ4v) is 2.07. The van der Waals surface area contributed by atoms with Crippen molar-refractivity contribution in [2.45, 2.75) is 0 Å². The summed E-state index contributed by atoms with van der Waals surface area (Å²) in [6.45, 7) is 0. The molecule has 0 saturated heterocycles. The van der Waals surface area contributed by atoms with E-state index in [4.69, 9.17) is 4.74 Å². The van der Waals surface area contributed by atoms with E-state index in [0.717, 1.165) is 28.0 Å². The van der Waals surface area contributed by atoms with Gasteiger partial charge in [-0.2, -0.15) is 0 Å². The lowest BCUT2D eigenvalue weighted by Crippen LogP contribution is -1.90. The van der Waals surface area contributed by atoms with Crippen molar-refractivity contribution in [2.24, 2.45) is 9.98 Å². The van der Waals surface area contributed by atoms with Crippen LogP contribution in [0.25, 0.3) is 11.1 Å². The van der Waals surface area contributed by atoms with Crippen LogP contribution >= 0.6 is 0 Å². The largest absolute Gasteiger partial charge is 0.497 e. The summed E-state index contributed by atoms with van der Waals surface area (Å²) in [5, 5.41) is 0. The summed E-state index contributed by atoms with van der Waals surface area (Å²) in [6, 6.07) is 14.3. The second-order valence-electron chi connectivity index (χ2n) is 4.39. The van der Waals surface area contributed by atoms with Gasteiger partial charge in [0.05, 0.1) is 7.11 Å². The predicted molar refractivity (Wildman–Crippen MR) is 85.5 cm³/mol. The van der Waals surface area contributed by atoms with Gasteiger partial charge in [0.1, 0.15) is 5.75 Å². The van der Waals surface area contributed by atoms with Gasteiger partial charge in [0, 0.05) is 26.5 Å². The molecule has 0 N–H and O–H groups in total. The zero-order valence-electron chi connectivity index (χ0n) is 12.0. The van der Waals surface area contributed by atoms with Gasteiger partial charge in [0.2, 0.25) is 0 Å². The molecule has 0 radical (unpaired) electrons. The van der Waals surface area contributed by atoms with Crippen LogP contribution < -0.4 is 4.74 Å².